The van der Waals surface area contributed by atoms with Crippen LogP contribution in [0.15, 0.2) is 42.7 Å². The van der Waals surface area contributed by atoms with Gasteiger partial charge in [0.05, 0.1) is 17.3 Å². The van der Waals surface area contributed by atoms with Crippen molar-refractivity contribution in [2.75, 3.05) is 13.1 Å². The maximum Gasteiger partial charge on any atom is 0.290 e. The number of amides is 1. The van der Waals surface area contributed by atoms with Gasteiger partial charge in [-0.05, 0) is 30.5 Å². The van der Waals surface area contributed by atoms with Crippen molar-refractivity contribution in [3.8, 4) is 0 Å². The first-order chi connectivity index (χ1) is 14.0. The Morgan fingerprint density at radius 2 is 2.03 bits per heavy atom. The Morgan fingerprint density at radius 3 is 2.79 bits per heavy atom. The topological polar surface area (TPSA) is 100 Å². The number of carbonyl (C=O) groups excluding carboxylic acids is 1. The molecule has 0 radical (unpaired) electrons. The van der Waals surface area contributed by atoms with Crippen molar-refractivity contribution in [1.82, 2.24) is 25.0 Å². The zero-order valence-corrected chi connectivity index (χ0v) is 16.6. The fraction of sp³-hybridized carbons (Fsp3) is 0.333. The first-order valence-electron chi connectivity index (χ1n) is 9.47. The maximum absolute atomic E-state index is 12.6. The highest BCUT2D eigenvalue weighted by Crippen LogP contribution is 2.18. The maximum atomic E-state index is 12.6. The molecule has 1 atom stereocenters. The van der Waals surface area contributed by atoms with Crippen LogP contribution >= 0.6 is 0 Å². The molecule has 0 saturated heterocycles. The van der Waals surface area contributed by atoms with Gasteiger partial charge in [0.1, 0.15) is 5.52 Å². The van der Waals surface area contributed by atoms with E-state index in [0.717, 1.165) is 37.1 Å². The van der Waals surface area contributed by atoms with Crippen LogP contribution in [0.3, 0.4) is 0 Å². The zero-order valence-electron chi connectivity index (χ0n) is 16.6. The number of carbonyl (C=O) groups is 2. The molecule has 8 nitrogen and oxygen atoms in total. The molecule has 3 aromatic rings. The quantitative estimate of drug-likeness (QED) is 0.654. The van der Waals surface area contributed by atoms with Crippen molar-refractivity contribution in [1.29, 1.82) is 0 Å². The summed E-state index contributed by atoms with van der Waals surface area (Å²) >= 11 is 0. The van der Waals surface area contributed by atoms with Crippen LogP contribution in [0.1, 0.15) is 28.4 Å². The average molecular weight is 395 g/mol. The Bertz CT molecular complexity index is 1000. The van der Waals surface area contributed by atoms with E-state index in [9.17, 15) is 4.79 Å². The molecule has 152 valence electrons. The molecule has 1 aromatic carbocycles. The molecular weight excluding hydrogens is 370 g/mol. The highest BCUT2D eigenvalue weighted by molar-refractivity contribution is 5.96. The highest BCUT2D eigenvalue weighted by atomic mass is 16.3. The van der Waals surface area contributed by atoms with Crippen molar-refractivity contribution in [3.05, 3.63) is 59.4 Å². The fourth-order valence-corrected chi connectivity index (χ4v) is 3.60. The molecule has 2 aromatic heterocycles. The second-order valence-electron chi connectivity index (χ2n) is 7.13. The third kappa shape index (κ3) is 4.97. The number of rotatable bonds is 4. The van der Waals surface area contributed by atoms with E-state index in [0.29, 0.717) is 5.56 Å². The minimum absolute atomic E-state index is 0.0648. The lowest BCUT2D eigenvalue weighted by molar-refractivity contribution is -0.122. The lowest BCUT2D eigenvalue weighted by atomic mass is 9.99. The highest BCUT2D eigenvalue weighted by Gasteiger charge is 2.19. The number of hydrogen-bond donors (Lipinski definition) is 2. The van der Waals surface area contributed by atoms with Crippen LogP contribution in [0, 0.1) is 0 Å². The summed E-state index contributed by atoms with van der Waals surface area (Å²) < 4.78 is 1.73. The van der Waals surface area contributed by atoms with Gasteiger partial charge in [-0.3, -0.25) is 24.2 Å². The van der Waals surface area contributed by atoms with Crippen molar-refractivity contribution in [2.45, 2.75) is 25.9 Å². The van der Waals surface area contributed by atoms with E-state index in [4.69, 9.17) is 9.90 Å². The van der Waals surface area contributed by atoms with Crippen LogP contribution in [0.5, 0.6) is 0 Å². The number of aryl methyl sites for hydroxylation is 1. The second-order valence-corrected chi connectivity index (χ2v) is 7.13. The van der Waals surface area contributed by atoms with Gasteiger partial charge in [0, 0.05) is 38.9 Å². The van der Waals surface area contributed by atoms with Crippen LogP contribution in [0.4, 0.5) is 0 Å². The normalized spacial score (nSPS) is 14.4. The Kier molecular flexibility index (Phi) is 6.56. The van der Waals surface area contributed by atoms with E-state index in [1.165, 1.54) is 11.1 Å². The lowest BCUT2D eigenvalue weighted by Crippen LogP contribution is -2.43. The summed E-state index contributed by atoms with van der Waals surface area (Å²) in [5.41, 5.74) is 5.05. The molecule has 1 unspecified atom stereocenters. The monoisotopic (exact) mass is 395 g/mol. The molecule has 2 N–H and O–H groups in total. The molecule has 0 saturated carbocycles. The summed E-state index contributed by atoms with van der Waals surface area (Å²) in [6.45, 7) is 4.61. The molecule has 0 spiro atoms. The average Bonchev–Trinajstić information content (AvgIpc) is 3.08. The van der Waals surface area contributed by atoms with Gasteiger partial charge in [0.2, 0.25) is 0 Å². The van der Waals surface area contributed by atoms with Gasteiger partial charge in [-0.1, -0.05) is 24.3 Å². The second kappa shape index (κ2) is 9.29. The molecule has 1 aliphatic heterocycles. The Balaban J connectivity index is 0.000000755. The number of fused-ring (bicyclic) bond motifs is 2. The molecule has 1 aliphatic rings. The van der Waals surface area contributed by atoms with Crippen molar-refractivity contribution >= 4 is 23.4 Å². The number of hydrogen-bond acceptors (Lipinski definition) is 5. The molecule has 0 bridgehead atoms. The van der Waals surface area contributed by atoms with E-state index in [1.54, 1.807) is 17.1 Å². The van der Waals surface area contributed by atoms with Crippen LogP contribution < -0.4 is 5.32 Å². The largest absolute Gasteiger partial charge is 0.483 e. The summed E-state index contributed by atoms with van der Waals surface area (Å²) in [5.74, 6) is -0.0921. The van der Waals surface area contributed by atoms with E-state index in [1.807, 2.05) is 13.1 Å². The van der Waals surface area contributed by atoms with E-state index in [2.05, 4.69) is 51.5 Å². The Labute approximate surface area is 169 Å². The summed E-state index contributed by atoms with van der Waals surface area (Å²) in [6.07, 6.45) is 4.38. The molecule has 0 fully saturated rings. The molecular formula is C21H25N5O3. The number of aromatic nitrogens is 3. The third-order valence-corrected chi connectivity index (χ3v) is 4.98. The number of nitrogens with zero attached hydrogens (tertiary/aromatic N) is 4. The summed E-state index contributed by atoms with van der Waals surface area (Å²) in [6, 6.07) is 10.5. The van der Waals surface area contributed by atoms with Gasteiger partial charge < -0.3 is 10.4 Å². The van der Waals surface area contributed by atoms with Crippen LogP contribution in [0.25, 0.3) is 11.0 Å². The predicted octanol–water partition coefficient (Wildman–Crippen LogP) is 1.85. The first-order valence-corrected chi connectivity index (χ1v) is 9.47. The molecule has 8 heteroatoms. The van der Waals surface area contributed by atoms with Crippen LogP contribution in [0.2, 0.25) is 0 Å². The molecule has 29 heavy (non-hydrogen) atoms. The minimum Gasteiger partial charge on any atom is -0.483 e. The first kappa shape index (κ1) is 20.5. The van der Waals surface area contributed by atoms with E-state index >= 15 is 0 Å². The summed E-state index contributed by atoms with van der Waals surface area (Å²) in [7, 11) is 1.85. The van der Waals surface area contributed by atoms with Crippen molar-refractivity contribution in [3.63, 3.8) is 0 Å². The van der Waals surface area contributed by atoms with E-state index in [-0.39, 0.29) is 18.4 Å². The van der Waals surface area contributed by atoms with Crippen LogP contribution in [-0.2, 0) is 24.8 Å². The third-order valence-electron chi connectivity index (χ3n) is 4.98. The van der Waals surface area contributed by atoms with Crippen LogP contribution in [-0.4, -0.2) is 56.3 Å². The SMILES string of the molecule is CC(CN1CCc2ccccc2C1)NC(=O)c1cnc2cnn(C)c2c1.O=CO. The number of benzene rings is 1. The minimum atomic E-state index is -0.250. The van der Waals surface area contributed by atoms with Gasteiger partial charge in [0.25, 0.3) is 12.4 Å². The predicted molar refractivity (Wildman–Crippen MR) is 110 cm³/mol. The summed E-state index contributed by atoms with van der Waals surface area (Å²) in [4.78, 5) is 27.6. The van der Waals surface area contributed by atoms with Gasteiger partial charge in [-0.15, -0.1) is 0 Å². The Hall–Kier alpha value is -3.26. The number of carboxylic acid groups (broad SMARTS) is 1. The standard InChI is InChI=1S/C20H23N5O.CH2O2/c1-14(12-25-8-7-15-5-3-4-6-16(15)13-25)23-20(26)17-9-19-18(21-10-17)11-22-24(19)2;2-1-3/h3-6,9-11,14H,7-8,12-13H2,1-2H3,(H,23,26);1H,(H,2,3). The van der Waals surface area contributed by atoms with Gasteiger partial charge in [0.15, 0.2) is 0 Å². The molecule has 0 aliphatic carbocycles. The fourth-order valence-electron chi connectivity index (χ4n) is 3.60. The van der Waals surface area contributed by atoms with Crippen molar-refractivity contribution < 1.29 is 14.7 Å². The number of pyridine rings is 1. The Morgan fingerprint density at radius 1 is 1.31 bits per heavy atom. The van der Waals surface area contributed by atoms with Gasteiger partial charge in [-0.2, -0.15) is 5.10 Å². The molecule has 4 rings (SSSR count). The molecule has 1 amide bonds. The smallest absolute Gasteiger partial charge is 0.290 e. The molecule has 3 heterocycles. The summed E-state index contributed by atoms with van der Waals surface area (Å²) in [5, 5.41) is 14.2. The number of nitrogens with one attached hydrogen (secondary N) is 1. The van der Waals surface area contributed by atoms with Gasteiger partial charge in [-0.25, -0.2) is 0 Å². The zero-order chi connectivity index (χ0) is 20.8. The van der Waals surface area contributed by atoms with Gasteiger partial charge >= 0.3 is 0 Å². The van der Waals surface area contributed by atoms with E-state index < -0.39 is 0 Å². The lowest BCUT2D eigenvalue weighted by Gasteiger charge is -2.31. The van der Waals surface area contributed by atoms with Crippen molar-refractivity contribution in [2.24, 2.45) is 7.05 Å².